The first-order valence-corrected chi connectivity index (χ1v) is 19.9. The maximum absolute atomic E-state index is 14.1. The molecule has 4 aliphatic heterocycles. The van der Waals surface area contributed by atoms with Crippen LogP contribution in [0.2, 0.25) is 0 Å². The van der Waals surface area contributed by atoms with Gasteiger partial charge in [0.05, 0.1) is 56.7 Å². The van der Waals surface area contributed by atoms with E-state index in [9.17, 15) is 24.3 Å². The van der Waals surface area contributed by atoms with E-state index < -0.39 is 77.2 Å². The van der Waals surface area contributed by atoms with Crippen molar-refractivity contribution < 1.29 is 57.4 Å². The number of aldehydes is 1. The molecular formula is C41H70N2O12. The highest BCUT2D eigenvalue weighted by Crippen LogP contribution is 2.39. The summed E-state index contributed by atoms with van der Waals surface area (Å²) in [6.07, 6.45) is -0.316. The van der Waals surface area contributed by atoms with Crippen LogP contribution in [0.1, 0.15) is 122 Å². The number of aliphatic hydroxyl groups is 1. The zero-order valence-corrected chi connectivity index (χ0v) is 35.5. The summed E-state index contributed by atoms with van der Waals surface area (Å²) in [7, 11) is 0. The highest BCUT2D eigenvalue weighted by molar-refractivity contribution is 5.87. The standard InChI is InChI=1S/C41H70N2O12/c1-35(2,20-45)33-50-22-41(23-51-33)24-52-34(53-25-41)36(3,4)21-49-30(46)15-29(32(48)55-27-18-39(9,10)43-40(11,12)19-27)28(13-14-44)31(47)54-26-16-37(5,6)42-38(7,8)17-26/h14,26-29,33-34,42-43,45H,13,15-25H2,1-12H3. The van der Waals surface area contributed by atoms with Gasteiger partial charge in [-0.15, -0.1) is 0 Å². The van der Waals surface area contributed by atoms with E-state index in [1.165, 1.54) is 0 Å². The Hall–Kier alpha value is -2.20. The minimum Gasteiger partial charge on any atom is -0.465 e. The smallest absolute Gasteiger partial charge is 0.310 e. The maximum Gasteiger partial charge on any atom is 0.310 e. The summed E-state index contributed by atoms with van der Waals surface area (Å²) < 4.78 is 42.1. The summed E-state index contributed by atoms with van der Waals surface area (Å²) in [5.74, 6) is -4.75. The van der Waals surface area contributed by atoms with Crippen LogP contribution in [-0.2, 0) is 52.3 Å². The lowest BCUT2D eigenvalue weighted by molar-refractivity contribution is -0.337. The van der Waals surface area contributed by atoms with Gasteiger partial charge in [-0.1, -0.05) is 27.7 Å². The lowest BCUT2D eigenvalue weighted by Crippen LogP contribution is -2.60. The largest absolute Gasteiger partial charge is 0.465 e. The molecular weight excluding hydrogens is 712 g/mol. The molecule has 4 saturated heterocycles. The molecule has 0 aromatic heterocycles. The van der Waals surface area contributed by atoms with Crippen molar-refractivity contribution in [2.24, 2.45) is 28.1 Å². The van der Waals surface area contributed by atoms with Crippen LogP contribution in [-0.4, -0.2) is 116 Å². The molecule has 0 bridgehead atoms. The van der Waals surface area contributed by atoms with Gasteiger partial charge in [0.25, 0.3) is 0 Å². The van der Waals surface area contributed by atoms with Gasteiger partial charge in [-0.3, -0.25) is 14.4 Å². The van der Waals surface area contributed by atoms with Crippen molar-refractivity contribution in [2.45, 2.75) is 169 Å². The summed E-state index contributed by atoms with van der Waals surface area (Å²) in [5, 5.41) is 16.8. The third-order valence-electron chi connectivity index (χ3n) is 11.2. The molecule has 1 spiro atoms. The van der Waals surface area contributed by atoms with Gasteiger partial charge < -0.3 is 53.7 Å². The summed E-state index contributed by atoms with van der Waals surface area (Å²) in [6.45, 7) is 24.8. The van der Waals surface area contributed by atoms with E-state index >= 15 is 0 Å². The van der Waals surface area contributed by atoms with E-state index in [1.807, 2.05) is 83.1 Å². The van der Waals surface area contributed by atoms with E-state index in [2.05, 4.69) is 10.6 Å². The molecule has 4 aliphatic rings. The average molecular weight is 783 g/mol. The molecule has 0 saturated carbocycles. The van der Waals surface area contributed by atoms with Gasteiger partial charge in [0.15, 0.2) is 12.6 Å². The molecule has 3 N–H and O–H groups in total. The van der Waals surface area contributed by atoms with Crippen LogP contribution in [0.3, 0.4) is 0 Å². The maximum atomic E-state index is 14.1. The van der Waals surface area contributed by atoms with Crippen molar-refractivity contribution in [1.29, 1.82) is 0 Å². The Labute approximate surface area is 328 Å². The quantitative estimate of drug-likeness (QED) is 0.130. The number of piperidine rings is 2. The molecule has 4 heterocycles. The van der Waals surface area contributed by atoms with Crippen molar-refractivity contribution in [3.05, 3.63) is 0 Å². The zero-order chi connectivity index (χ0) is 41.3. The second-order valence-electron chi connectivity index (χ2n) is 20.7. The number of hydrogen-bond donors (Lipinski definition) is 3. The SMILES string of the molecule is CC1(C)CC(OC(=O)C(CC=O)C(CC(=O)OCC(C)(C)C2OCC3(COC(C(C)(C)CO)OC3)CO2)C(=O)OC2CC(C)(C)NC(C)(C)C2)CC(C)(C)N1. The van der Waals surface area contributed by atoms with Crippen LogP contribution in [0, 0.1) is 28.1 Å². The van der Waals surface area contributed by atoms with Crippen molar-refractivity contribution in [1.82, 2.24) is 10.6 Å². The Kier molecular flexibility index (Phi) is 14.0. The minimum absolute atomic E-state index is 0.0826. The van der Waals surface area contributed by atoms with Crippen molar-refractivity contribution >= 4 is 24.2 Å². The first-order valence-electron chi connectivity index (χ1n) is 19.9. The second-order valence-corrected chi connectivity index (χ2v) is 20.7. The Morgan fingerprint density at radius 1 is 0.691 bits per heavy atom. The Morgan fingerprint density at radius 3 is 1.45 bits per heavy atom. The number of esters is 3. The summed E-state index contributed by atoms with van der Waals surface area (Å²) >= 11 is 0. The molecule has 55 heavy (non-hydrogen) atoms. The monoisotopic (exact) mass is 782 g/mol. The fraction of sp³-hybridized carbons (Fsp3) is 0.902. The van der Waals surface area contributed by atoms with Crippen molar-refractivity contribution in [2.75, 3.05) is 39.6 Å². The number of ether oxygens (including phenoxy) is 7. The number of nitrogens with one attached hydrogen (secondary N) is 2. The Morgan fingerprint density at radius 2 is 1.07 bits per heavy atom. The molecule has 2 atom stereocenters. The highest BCUT2D eigenvalue weighted by atomic mass is 16.7. The van der Waals surface area contributed by atoms with Gasteiger partial charge in [-0.05, 0) is 55.4 Å². The van der Waals surface area contributed by atoms with E-state index in [0.29, 0.717) is 58.4 Å². The molecule has 14 heteroatoms. The molecule has 14 nitrogen and oxygen atoms in total. The highest BCUT2D eigenvalue weighted by Gasteiger charge is 2.49. The van der Waals surface area contributed by atoms with Crippen LogP contribution in [0.25, 0.3) is 0 Å². The molecule has 0 aliphatic carbocycles. The van der Waals surface area contributed by atoms with Crippen LogP contribution >= 0.6 is 0 Å². The predicted octanol–water partition coefficient (Wildman–Crippen LogP) is 4.22. The Bertz CT molecular complexity index is 1320. The topological polar surface area (TPSA) is 177 Å². The minimum atomic E-state index is -1.31. The first-order chi connectivity index (χ1) is 25.2. The van der Waals surface area contributed by atoms with E-state index in [4.69, 9.17) is 33.2 Å². The number of rotatable bonds is 14. The fourth-order valence-electron chi connectivity index (χ4n) is 8.95. The van der Waals surface area contributed by atoms with Crippen LogP contribution in [0.15, 0.2) is 0 Å². The van der Waals surface area contributed by atoms with Crippen LogP contribution in [0.4, 0.5) is 0 Å². The van der Waals surface area contributed by atoms with E-state index in [0.717, 1.165) is 0 Å². The van der Waals surface area contributed by atoms with Crippen LogP contribution < -0.4 is 10.6 Å². The van der Waals surface area contributed by atoms with Gasteiger partial charge in [0, 0.05) is 65.1 Å². The molecule has 316 valence electrons. The average Bonchev–Trinajstić information content (AvgIpc) is 3.03. The van der Waals surface area contributed by atoms with Gasteiger partial charge in [0.2, 0.25) is 0 Å². The van der Waals surface area contributed by atoms with Gasteiger partial charge in [-0.25, -0.2) is 0 Å². The molecule has 4 rings (SSSR count). The summed E-state index contributed by atoms with van der Waals surface area (Å²) in [4.78, 5) is 53.8. The second kappa shape index (κ2) is 17.0. The van der Waals surface area contributed by atoms with E-state index in [-0.39, 0.29) is 41.8 Å². The van der Waals surface area contributed by atoms with Crippen molar-refractivity contribution in [3.8, 4) is 0 Å². The molecule has 0 aromatic carbocycles. The van der Waals surface area contributed by atoms with Crippen LogP contribution in [0.5, 0.6) is 0 Å². The van der Waals surface area contributed by atoms with Gasteiger partial charge in [-0.2, -0.15) is 0 Å². The lowest BCUT2D eigenvalue weighted by atomic mass is 9.80. The van der Waals surface area contributed by atoms with Gasteiger partial charge in [0.1, 0.15) is 25.1 Å². The fourth-order valence-corrected chi connectivity index (χ4v) is 8.95. The predicted molar refractivity (Wildman–Crippen MR) is 203 cm³/mol. The third kappa shape index (κ3) is 12.4. The summed E-state index contributed by atoms with van der Waals surface area (Å²) in [6, 6.07) is 0. The molecule has 0 aromatic rings. The number of hydrogen-bond acceptors (Lipinski definition) is 14. The molecule has 4 fully saturated rings. The number of carbonyl (C=O) groups excluding carboxylic acids is 4. The number of carbonyl (C=O) groups is 4. The molecule has 0 amide bonds. The van der Waals surface area contributed by atoms with Gasteiger partial charge >= 0.3 is 17.9 Å². The number of aliphatic hydroxyl groups excluding tert-OH is 1. The first kappa shape index (κ1) is 45.5. The summed E-state index contributed by atoms with van der Waals surface area (Å²) in [5.41, 5.74) is -3.17. The lowest BCUT2D eigenvalue weighted by Gasteiger charge is -2.48. The molecule has 2 unspecified atom stereocenters. The van der Waals surface area contributed by atoms with E-state index in [1.54, 1.807) is 0 Å². The molecule has 0 radical (unpaired) electrons. The van der Waals surface area contributed by atoms with Crippen molar-refractivity contribution in [3.63, 3.8) is 0 Å². The normalized spacial score (nSPS) is 29.5. The Balaban J connectivity index is 1.44. The third-order valence-corrected chi connectivity index (χ3v) is 11.2. The zero-order valence-electron chi connectivity index (χ0n) is 35.5.